The zero-order valence-electron chi connectivity index (χ0n) is 14.2. The van der Waals surface area contributed by atoms with E-state index in [1.165, 1.54) is 12.1 Å². The van der Waals surface area contributed by atoms with Gasteiger partial charge in [-0.3, -0.25) is 0 Å². The Kier molecular flexibility index (Phi) is 7.75. The highest BCUT2D eigenvalue weighted by atomic mass is 35.5. The summed E-state index contributed by atoms with van der Waals surface area (Å²) in [5, 5.41) is 11.9. The van der Waals surface area contributed by atoms with Crippen LogP contribution in [0.5, 0.6) is 0 Å². The predicted octanol–water partition coefficient (Wildman–Crippen LogP) is 4.33. The fourth-order valence-corrected chi connectivity index (χ4v) is 2.27. The van der Waals surface area contributed by atoms with Gasteiger partial charge in [-0.2, -0.15) is 5.26 Å². The number of hydrogen-bond donors (Lipinski definition) is 1. The van der Waals surface area contributed by atoms with Gasteiger partial charge in [-0.05, 0) is 39.8 Å². The van der Waals surface area contributed by atoms with E-state index < -0.39 is 11.9 Å². The second-order valence-electron chi connectivity index (χ2n) is 5.51. The van der Waals surface area contributed by atoms with Crippen LogP contribution in [-0.2, 0) is 14.3 Å². The van der Waals surface area contributed by atoms with E-state index in [2.05, 4.69) is 5.32 Å². The zero-order chi connectivity index (χ0) is 19.1. The number of nitrogens with one attached hydrogen (secondary N) is 1. The Morgan fingerprint density at radius 1 is 1.16 bits per heavy atom. The van der Waals surface area contributed by atoms with Crippen molar-refractivity contribution in [1.82, 2.24) is 0 Å². The van der Waals surface area contributed by atoms with Crippen molar-refractivity contribution in [2.75, 3.05) is 5.32 Å². The van der Waals surface area contributed by atoms with Crippen LogP contribution >= 0.6 is 23.2 Å². The van der Waals surface area contributed by atoms with Crippen LogP contribution in [-0.4, -0.2) is 24.1 Å². The first-order chi connectivity index (χ1) is 11.7. The van der Waals surface area contributed by atoms with Crippen molar-refractivity contribution in [1.29, 1.82) is 5.26 Å². The van der Waals surface area contributed by atoms with E-state index in [1.807, 2.05) is 0 Å². The molecule has 0 bridgehead atoms. The first-order valence-electron chi connectivity index (χ1n) is 7.44. The molecule has 0 aromatic heterocycles. The molecule has 1 rings (SSSR count). The first-order valence-corrected chi connectivity index (χ1v) is 8.19. The summed E-state index contributed by atoms with van der Waals surface area (Å²) in [6.07, 6.45) is 0.449. The molecule has 0 aliphatic rings. The SMILES string of the molecule is CC(C)OC(=O)C(C#N)=CNc1ccc(Cl)c(C(=O)OC(C)C)c1Cl. The zero-order valence-corrected chi connectivity index (χ0v) is 15.7. The second kappa shape index (κ2) is 9.30. The number of hydrogen-bond acceptors (Lipinski definition) is 6. The van der Waals surface area contributed by atoms with Crippen molar-refractivity contribution >= 4 is 40.8 Å². The molecule has 1 aromatic rings. The minimum atomic E-state index is -0.769. The molecule has 1 aromatic carbocycles. The number of carbonyl (C=O) groups excluding carboxylic acids is 2. The Hall–Kier alpha value is -2.23. The lowest BCUT2D eigenvalue weighted by Crippen LogP contribution is -2.14. The molecule has 0 aliphatic heterocycles. The molecule has 1 N–H and O–H groups in total. The molecule has 0 heterocycles. The van der Waals surface area contributed by atoms with Gasteiger partial charge in [0.05, 0.1) is 33.5 Å². The van der Waals surface area contributed by atoms with Crippen LogP contribution in [0.2, 0.25) is 10.0 Å². The van der Waals surface area contributed by atoms with E-state index in [4.69, 9.17) is 37.9 Å². The lowest BCUT2D eigenvalue weighted by Gasteiger charge is -2.13. The molecule has 0 atom stereocenters. The Labute approximate surface area is 156 Å². The van der Waals surface area contributed by atoms with Gasteiger partial charge < -0.3 is 14.8 Å². The largest absolute Gasteiger partial charge is 0.459 e. The molecule has 0 aliphatic carbocycles. The molecule has 25 heavy (non-hydrogen) atoms. The topological polar surface area (TPSA) is 88.4 Å². The molecule has 8 heteroatoms. The third kappa shape index (κ3) is 5.96. The van der Waals surface area contributed by atoms with E-state index >= 15 is 0 Å². The third-order valence-corrected chi connectivity index (χ3v) is 3.40. The van der Waals surface area contributed by atoms with Gasteiger partial charge in [0.25, 0.3) is 0 Å². The van der Waals surface area contributed by atoms with Crippen molar-refractivity contribution in [3.05, 3.63) is 39.5 Å². The summed E-state index contributed by atoms with van der Waals surface area (Å²) in [5.41, 5.74) is 0.0385. The van der Waals surface area contributed by atoms with E-state index in [-0.39, 0.29) is 39.1 Å². The van der Waals surface area contributed by atoms with Gasteiger partial charge in [0, 0.05) is 6.20 Å². The molecule has 6 nitrogen and oxygen atoms in total. The normalized spacial score (nSPS) is 11.2. The monoisotopic (exact) mass is 384 g/mol. The van der Waals surface area contributed by atoms with Crippen LogP contribution in [0.25, 0.3) is 0 Å². The molecule has 0 amide bonds. The van der Waals surface area contributed by atoms with Crippen molar-refractivity contribution in [3.63, 3.8) is 0 Å². The number of halogens is 2. The van der Waals surface area contributed by atoms with Crippen LogP contribution in [0.3, 0.4) is 0 Å². The molecule has 134 valence electrons. The molecule has 0 unspecified atom stereocenters. The molecule has 0 saturated carbocycles. The fraction of sp³-hybridized carbons (Fsp3) is 0.353. The van der Waals surface area contributed by atoms with Crippen molar-refractivity contribution in [2.24, 2.45) is 0 Å². The maximum atomic E-state index is 12.1. The summed E-state index contributed by atoms with van der Waals surface area (Å²) in [7, 11) is 0. The summed E-state index contributed by atoms with van der Waals surface area (Å²) in [4.78, 5) is 23.9. The predicted molar refractivity (Wildman–Crippen MR) is 95.6 cm³/mol. The number of rotatable bonds is 6. The second-order valence-corrected chi connectivity index (χ2v) is 6.29. The van der Waals surface area contributed by atoms with E-state index in [9.17, 15) is 9.59 Å². The molecule has 0 spiro atoms. The number of ether oxygens (including phenoxy) is 2. The number of nitriles is 1. The van der Waals surface area contributed by atoms with Crippen LogP contribution < -0.4 is 5.32 Å². The van der Waals surface area contributed by atoms with Crippen LogP contribution in [0.4, 0.5) is 5.69 Å². The van der Waals surface area contributed by atoms with E-state index in [1.54, 1.807) is 33.8 Å². The fourth-order valence-electron chi connectivity index (χ4n) is 1.69. The molecular weight excluding hydrogens is 367 g/mol. The van der Waals surface area contributed by atoms with Crippen LogP contribution in [0.1, 0.15) is 38.1 Å². The number of carbonyl (C=O) groups is 2. The average Bonchev–Trinajstić information content (AvgIpc) is 2.48. The summed E-state index contributed by atoms with van der Waals surface area (Å²) >= 11 is 12.2. The lowest BCUT2D eigenvalue weighted by atomic mass is 10.2. The number of benzene rings is 1. The summed E-state index contributed by atoms with van der Waals surface area (Å²) in [6, 6.07) is 4.70. The quantitative estimate of drug-likeness (QED) is 0.446. The van der Waals surface area contributed by atoms with Crippen LogP contribution in [0, 0.1) is 11.3 Å². The van der Waals surface area contributed by atoms with E-state index in [0.29, 0.717) is 0 Å². The first kappa shape index (κ1) is 20.8. The highest BCUT2D eigenvalue weighted by molar-refractivity contribution is 6.41. The average molecular weight is 385 g/mol. The molecule has 0 saturated heterocycles. The maximum Gasteiger partial charge on any atom is 0.350 e. The van der Waals surface area contributed by atoms with Gasteiger partial charge in [0.2, 0.25) is 0 Å². The molecule has 0 radical (unpaired) electrons. The van der Waals surface area contributed by atoms with Gasteiger partial charge >= 0.3 is 11.9 Å². The molecule has 0 fully saturated rings. The standard InChI is InChI=1S/C17H18Cl2N2O4/c1-9(2)24-16(22)11(7-20)8-21-13-6-5-12(18)14(15(13)19)17(23)25-10(3)4/h5-6,8-10,21H,1-4H3. The summed E-state index contributed by atoms with van der Waals surface area (Å²) in [6.45, 7) is 6.74. The Morgan fingerprint density at radius 3 is 2.28 bits per heavy atom. The molecular formula is C17H18Cl2N2O4. The Balaban J connectivity index is 3.11. The van der Waals surface area contributed by atoms with Crippen LogP contribution in [0.15, 0.2) is 23.9 Å². The van der Waals surface area contributed by atoms with Crippen molar-refractivity contribution in [2.45, 2.75) is 39.9 Å². The summed E-state index contributed by atoms with van der Waals surface area (Å²) in [5.74, 6) is -1.44. The number of anilines is 1. The minimum absolute atomic E-state index is 0.00121. The highest BCUT2D eigenvalue weighted by Crippen LogP contribution is 2.32. The smallest absolute Gasteiger partial charge is 0.350 e. The van der Waals surface area contributed by atoms with Gasteiger partial charge in [-0.25, -0.2) is 9.59 Å². The minimum Gasteiger partial charge on any atom is -0.459 e. The van der Waals surface area contributed by atoms with Gasteiger partial charge in [0.1, 0.15) is 6.07 Å². The van der Waals surface area contributed by atoms with Gasteiger partial charge in [0.15, 0.2) is 5.57 Å². The number of nitrogens with zero attached hydrogens (tertiary/aromatic N) is 1. The number of esters is 2. The van der Waals surface area contributed by atoms with Gasteiger partial charge in [-0.1, -0.05) is 23.2 Å². The summed E-state index contributed by atoms with van der Waals surface area (Å²) < 4.78 is 10.1. The third-order valence-electron chi connectivity index (χ3n) is 2.69. The lowest BCUT2D eigenvalue weighted by molar-refractivity contribution is -0.142. The van der Waals surface area contributed by atoms with Crippen molar-refractivity contribution in [3.8, 4) is 6.07 Å². The Morgan fingerprint density at radius 2 is 1.76 bits per heavy atom. The highest BCUT2D eigenvalue weighted by Gasteiger charge is 2.20. The Bertz CT molecular complexity index is 737. The van der Waals surface area contributed by atoms with Crippen molar-refractivity contribution < 1.29 is 19.1 Å². The van der Waals surface area contributed by atoms with E-state index in [0.717, 1.165) is 6.20 Å². The maximum absolute atomic E-state index is 12.1. The van der Waals surface area contributed by atoms with Gasteiger partial charge in [-0.15, -0.1) is 0 Å².